The Balaban J connectivity index is 1.65. The van der Waals surface area contributed by atoms with Crippen LogP contribution in [0, 0.1) is 23.7 Å². The predicted octanol–water partition coefficient (Wildman–Crippen LogP) is 4.95. The van der Waals surface area contributed by atoms with Crippen LogP contribution >= 0.6 is 11.8 Å². The Hall–Kier alpha value is -1.88. The van der Waals surface area contributed by atoms with Gasteiger partial charge in [-0.2, -0.15) is 0 Å². The van der Waals surface area contributed by atoms with Gasteiger partial charge < -0.3 is 4.74 Å². The maximum atomic E-state index is 13.0. The SMILES string of the molecule is COc1ccc(-c2cc(C)nc(S[C@H]3C(=O)[C@H]4CC[C@]3(C)C4(C)C)n2)cc1. The van der Waals surface area contributed by atoms with Gasteiger partial charge in [-0.25, -0.2) is 9.97 Å². The smallest absolute Gasteiger partial charge is 0.189 e. The summed E-state index contributed by atoms with van der Waals surface area (Å²) < 4.78 is 5.24. The van der Waals surface area contributed by atoms with E-state index in [2.05, 4.69) is 25.8 Å². The highest BCUT2D eigenvalue weighted by atomic mass is 32.2. The molecule has 4 rings (SSSR count). The topological polar surface area (TPSA) is 52.1 Å². The summed E-state index contributed by atoms with van der Waals surface area (Å²) in [5, 5.41) is 0.639. The van der Waals surface area contributed by atoms with Crippen molar-refractivity contribution in [1.29, 1.82) is 0 Å². The summed E-state index contributed by atoms with van der Waals surface area (Å²) >= 11 is 1.56. The molecule has 0 amide bonds. The summed E-state index contributed by atoms with van der Waals surface area (Å²) in [4.78, 5) is 22.4. The average Bonchev–Trinajstić information content (AvgIpc) is 2.95. The van der Waals surface area contributed by atoms with E-state index >= 15 is 0 Å². The number of nitrogens with zero attached hydrogens (tertiary/aromatic N) is 2. The number of methoxy groups -OCH3 is 1. The van der Waals surface area contributed by atoms with Gasteiger partial charge in [0.2, 0.25) is 0 Å². The predicted molar refractivity (Wildman–Crippen MR) is 108 cm³/mol. The van der Waals surface area contributed by atoms with Gasteiger partial charge in [-0.15, -0.1) is 0 Å². The number of Topliss-reactive ketones (excluding diaryl/α,β-unsaturated/α-hetero) is 1. The van der Waals surface area contributed by atoms with E-state index in [1.165, 1.54) is 0 Å². The Bertz CT molecular complexity index is 894. The minimum atomic E-state index is -0.0585. The molecule has 2 saturated carbocycles. The molecule has 0 aliphatic heterocycles. The number of benzene rings is 1. The number of aryl methyl sites for hydroxylation is 1. The summed E-state index contributed by atoms with van der Waals surface area (Å²) in [5.41, 5.74) is 2.87. The van der Waals surface area contributed by atoms with E-state index in [1.807, 2.05) is 37.3 Å². The Morgan fingerprint density at radius 3 is 2.44 bits per heavy atom. The molecule has 0 spiro atoms. The van der Waals surface area contributed by atoms with Crippen molar-refractivity contribution in [2.75, 3.05) is 7.11 Å². The fourth-order valence-electron chi connectivity index (χ4n) is 4.79. The molecular weight excluding hydrogens is 356 g/mol. The second kappa shape index (κ2) is 6.33. The van der Waals surface area contributed by atoms with Crippen molar-refractivity contribution >= 4 is 17.5 Å². The lowest BCUT2D eigenvalue weighted by Gasteiger charge is -2.37. The number of fused-ring (bicyclic) bond motifs is 2. The van der Waals surface area contributed by atoms with Crippen molar-refractivity contribution < 1.29 is 9.53 Å². The molecule has 2 aliphatic rings. The first-order chi connectivity index (χ1) is 12.8. The average molecular weight is 383 g/mol. The van der Waals surface area contributed by atoms with Crippen LogP contribution in [0.1, 0.15) is 39.3 Å². The number of carbonyl (C=O) groups excluding carboxylic acids is 1. The molecule has 2 aliphatic carbocycles. The lowest BCUT2D eigenvalue weighted by Crippen LogP contribution is -2.35. The molecule has 1 aromatic heterocycles. The van der Waals surface area contributed by atoms with Crippen molar-refractivity contribution in [3.63, 3.8) is 0 Å². The van der Waals surface area contributed by atoms with E-state index in [0.717, 1.165) is 35.5 Å². The number of hydrogen-bond acceptors (Lipinski definition) is 5. The van der Waals surface area contributed by atoms with Crippen molar-refractivity contribution in [3.05, 3.63) is 36.0 Å². The summed E-state index contributed by atoms with van der Waals surface area (Å²) in [5.74, 6) is 1.38. The van der Waals surface area contributed by atoms with Gasteiger partial charge in [-0.3, -0.25) is 4.79 Å². The Morgan fingerprint density at radius 2 is 1.85 bits per heavy atom. The minimum absolute atomic E-state index is 0.00675. The fraction of sp³-hybridized carbons (Fsp3) is 0.500. The number of carbonyl (C=O) groups is 1. The van der Waals surface area contributed by atoms with Gasteiger partial charge >= 0.3 is 0 Å². The highest BCUT2D eigenvalue weighted by Crippen LogP contribution is 2.67. The van der Waals surface area contributed by atoms with Gasteiger partial charge in [-0.05, 0) is 60.9 Å². The highest BCUT2D eigenvalue weighted by molar-refractivity contribution is 8.00. The van der Waals surface area contributed by atoms with Crippen molar-refractivity contribution in [2.24, 2.45) is 16.7 Å². The standard InChI is InChI=1S/C22H26N2O2S/c1-13-12-17(14-6-8-15(26-5)9-7-14)24-20(23-13)27-19-18(25)16-10-11-22(19,4)21(16,2)3/h6-9,12,16,19H,10-11H2,1-5H3/t16-,19+,22+/m1/s1. The normalized spacial score (nSPS) is 28.6. The maximum Gasteiger partial charge on any atom is 0.189 e. The van der Waals surface area contributed by atoms with E-state index in [9.17, 15) is 4.79 Å². The number of aromatic nitrogens is 2. The lowest BCUT2D eigenvalue weighted by molar-refractivity contribution is -0.122. The molecule has 0 unspecified atom stereocenters. The molecule has 2 fully saturated rings. The third-order valence-corrected chi connectivity index (χ3v) is 8.30. The lowest BCUT2D eigenvalue weighted by atomic mass is 9.71. The number of thioether (sulfide) groups is 1. The largest absolute Gasteiger partial charge is 0.497 e. The van der Waals surface area contributed by atoms with E-state index in [-0.39, 0.29) is 22.0 Å². The third-order valence-electron chi connectivity index (χ3n) is 6.92. The van der Waals surface area contributed by atoms with Crippen molar-refractivity contribution in [1.82, 2.24) is 9.97 Å². The van der Waals surface area contributed by atoms with Gasteiger partial charge in [-0.1, -0.05) is 32.5 Å². The van der Waals surface area contributed by atoms with Crippen LogP contribution in [0.3, 0.4) is 0 Å². The Morgan fingerprint density at radius 1 is 1.15 bits per heavy atom. The van der Waals surface area contributed by atoms with Crippen LogP contribution in [0.2, 0.25) is 0 Å². The second-order valence-electron chi connectivity index (χ2n) is 8.54. The molecule has 0 radical (unpaired) electrons. The second-order valence-corrected chi connectivity index (χ2v) is 9.61. The van der Waals surface area contributed by atoms with E-state index in [0.29, 0.717) is 10.9 Å². The van der Waals surface area contributed by atoms with Gasteiger partial charge in [0.15, 0.2) is 5.16 Å². The zero-order valence-corrected chi connectivity index (χ0v) is 17.4. The fourth-order valence-corrected chi connectivity index (χ4v) is 6.31. The van der Waals surface area contributed by atoms with Crippen LogP contribution in [0.5, 0.6) is 5.75 Å². The monoisotopic (exact) mass is 382 g/mol. The summed E-state index contributed by atoms with van der Waals surface area (Å²) in [7, 11) is 1.66. The van der Waals surface area contributed by atoms with Gasteiger partial charge in [0.1, 0.15) is 11.5 Å². The summed E-state index contributed by atoms with van der Waals surface area (Å²) in [6.07, 6.45) is 2.12. The molecule has 0 saturated heterocycles. The van der Waals surface area contributed by atoms with Crippen LogP contribution in [-0.2, 0) is 4.79 Å². The van der Waals surface area contributed by atoms with Gasteiger partial charge in [0.05, 0.1) is 18.1 Å². The first kappa shape index (κ1) is 18.5. The highest BCUT2D eigenvalue weighted by Gasteiger charge is 2.66. The Labute approximate surface area is 165 Å². The summed E-state index contributed by atoms with van der Waals surface area (Å²) in [6.45, 7) is 8.76. The number of ether oxygens (including phenoxy) is 1. The molecule has 2 aromatic rings. The number of hydrogen-bond donors (Lipinski definition) is 0. The van der Waals surface area contributed by atoms with Crippen LogP contribution < -0.4 is 4.74 Å². The van der Waals surface area contributed by atoms with Crippen LogP contribution in [0.15, 0.2) is 35.5 Å². The maximum absolute atomic E-state index is 13.0. The zero-order chi connectivity index (χ0) is 19.4. The van der Waals surface area contributed by atoms with Crippen LogP contribution in [0.25, 0.3) is 11.3 Å². The molecular formula is C22H26N2O2S. The van der Waals surface area contributed by atoms with Gasteiger partial charge in [0.25, 0.3) is 0 Å². The van der Waals surface area contributed by atoms with E-state index in [1.54, 1.807) is 18.9 Å². The quantitative estimate of drug-likeness (QED) is 0.701. The van der Waals surface area contributed by atoms with Crippen molar-refractivity contribution in [2.45, 2.75) is 50.9 Å². The number of rotatable bonds is 4. The molecule has 1 heterocycles. The molecule has 3 atom stereocenters. The first-order valence-corrected chi connectivity index (χ1v) is 10.3. The molecule has 4 nitrogen and oxygen atoms in total. The molecule has 2 bridgehead atoms. The van der Waals surface area contributed by atoms with E-state index in [4.69, 9.17) is 9.72 Å². The minimum Gasteiger partial charge on any atom is -0.497 e. The summed E-state index contributed by atoms with van der Waals surface area (Å²) in [6, 6.07) is 9.86. The molecule has 27 heavy (non-hydrogen) atoms. The van der Waals surface area contributed by atoms with Crippen LogP contribution in [-0.4, -0.2) is 28.1 Å². The van der Waals surface area contributed by atoms with Gasteiger partial charge in [0, 0.05) is 17.2 Å². The molecule has 1 aromatic carbocycles. The number of ketones is 1. The van der Waals surface area contributed by atoms with E-state index < -0.39 is 0 Å². The Kier molecular flexibility index (Phi) is 4.34. The zero-order valence-electron chi connectivity index (χ0n) is 16.6. The molecule has 5 heteroatoms. The molecule has 0 N–H and O–H groups in total. The molecule has 142 valence electrons. The van der Waals surface area contributed by atoms with Crippen molar-refractivity contribution in [3.8, 4) is 17.0 Å². The first-order valence-electron chi connectivity index (χ1n) is 9.47. The van der Waals surface area contributed by atoms with Crippen LogP contribution in [0.4, 0.5) is 0 Å². The third kappa shape index (κ3) is 2.78.